The van der Waals surface area contributed by atoms with E-state index in [4.69, 9.17) is 18.9 Å². The molecule has 1 aliphatic heterocycles. The molecule has 1 rings (SSSR count). The highest BCUT2D eigenvalue weighted by Crippen LogP contribution is 2.26. The van der Waals surface area contributed by atoms with Gasteiger partial charge in [-0.3, -0.25) is 9.35 Å². The molecule has 4 N–H and O–H groups in total. The molecular formula is C51H96O12S. The minimum Gasteiger partial charge on any atom is -0.457 e. The van der Waals surface area contributed by atoms with E-state index >= 15 is 0 Å². The van der Waals surface area contributed by atoms with Crippen LogP contribution in [-0.4, -0.2) is 97.5 Å². The number of aliphatic hydroxyl groups excluding tert-OH is 3. The Morgan fingerprint density at radius 2 is 1.03 bits per heavy atom. The van der Waals surface area contributed by atoms with Crippen LogP contribution in [0, 0.1) is 0 Å². The molecule has 378 valence electrons. The summed E-state index contributed by atoms with van der Waals surface area (Å²) in [4.78, 5) is 12.9. The van der Waals surface area contributed by atoms with Gasteiger partial charge in [0.25, 0.3) is 0 Å². The largest absolute Gasteiger partial charge is 0.457 e. The van der Waals surface area contributed by atoms with Crippen LogP contribution in [0.25, 0.3) is 0 Å². The van der Waals surface area contributed by atoms with Crippen molar-refractivity contribution in [3.63, 3.8) is 0 Å². The van der Waals surface area contributed by atoms with Crippen molar-refractivity contribution in [2.24, 2.45) is 0 Å². The van der Waals surface area contributed by atoms with Gasteiger partial charge in [0, 0.05) is 13.0 Å². The van der Waals surface area contributed by atoms with Crippen LogP contribution >= 0.6 is 0 Å². The molecule has 0 aromatic carbocycles. The Labute approximate surface area is 391 Å². The summed E-state index contributed by atoms with van der Waals surface area (Å²) in [6.45, 7) is 4.00. The van der Waals surface area contributed by atoms with Crippen molar-refractivity contribution < 1.29 is 56.2 Å². The van der Waals surface area contributed by atoms with E-state index in [1.807, 2.05) is 0 Å². The molecule has 6 unspecified atom stereocenters. The summed E-state index contributed by atoms with van der Waals surface area (Å²) in [5.74, 6) is -0.396. The van der Waals surface area contributed by atoms with Gasteiger partial charge in [0.1, 0.15) is 30.5 Å². The number of unbranched alkanes of at least 4 members (excludes halogenated alkanes) is 29. The Bertz CT molecular complexity index is 1210. The molecule has 0 aliphatic carbocycles. The molecular weight excluding hydrogens is 837 g/mol. The number of hydrogen-bond acceptors (Lipinski definition) is 11. The average molecular weight is 933 g/mol. The van der Waals surface area contributed by atoms with Gasteiger partial charge in [-0.05, 0) is 44.9 Å². The van der Waals surface area contributed by atoms with Gasteiger partial charge in [-0.2, -0.15) is 8.42 Å². The van der Waals surface area contributed by atoms with E-state index in [9.17, 15) is 33.1 Å². The van der Waals surface area contributed by atoms with E-state index < -0.39 is 59.8 Å². The lowest BCUT2D eigenvalue weighted by Gasteiger charge is -2.41. The maximum atomic E-state index is 12.9. The predicted molar refractivity (Wildman–Crippen MR) is 257 cm³/mol. The zero-order valence-corrected chi connectivity index (χ0v) is 41.4. The molecule has 13 heteroatoms. The monoisotopic (exact) mass is 933 g/mol. The lowest BCUT2D eigenvalue weighted by molar-refractivity contribution is -0.301. The van der Waals surface area contributed by atoms with Gasteiger partial charge in [-0.15, -0.1) is 0 Å². The highest BCUT2D eigenvalue weighted by Gasteiger charge is 2.48. The Balaban J connectivity index is 2.34. The fourth-order valence-corrected chi connectivity index (χ4v) is 8.62. The van der Waals surface area contributed by atoms with Gasteiger partial charge in [0.15, 0.2) is 6.29 Å². The van der Waals surface area contributed by atoms with Crippen LogP contribution in [0.2, 0.25) is 0 Å². The molecule has 0 radical (unpaired) electrons. The maximum Gasteiger partial charge on any atom is 0.397 e. The molecule has 12 nitrogen and oxygen atoms in total. The first-order valence-corrected chi connectivity index (χ1v) is 27.5. The summed E-state index contributed by atoms with van der Waals surface area (Å²) in [7, 11) is -5.06. The van der Waals surface area contributed by atoms with E-state index in [-0.39, 0.29) is 19.6 Å². The number of aliphatic hydroxyl groups is 3. The fraction of sp³-hybridized carbons (Fsp3) is 0.902. The minimum atomic E-state index is -5.06. The van der Waals surface area contributed by atoms with Gasteiger partial charge < -0.3 is 34.3 Å². The Kier molecular flexibility index (Phi) is 40.6. The van der Waals surface area contributed by atoms with Crippen molar-refractivity contribution in [1.82, 2.24) is 0 Å². The van der Waals surface area contributed by atoms with Gasteiger partial charge >= 0.3 is 16.4 Å². The minimum absolute atomic E-state index is 0.0383. The molecule has 0 saturated carbocycles. The van der Waals surface area contributed by atoms with Crippen molar-refractivity contribution in [3.05, 3.63) is 24.3 Å². The van der Waals surface area contributed by atoms with Crippen molar-refractivity contribution in [2.75, 3.05) is 26.4 Å². The van der Waals surface area contributed by atoms with Crippen LogP contribution in [0.3, 0.4) is 0 Å². The number of allylic oxidation sites excluding steroid dienone is 4. The van der Waals surface area contributed by atoms with Crippen molar-refractivity contribution in [3.8, 4) is 0 Å². The normalized spacial score (nSPS) is 19.9. The van der Waals surface area contributed by atoms with Crippen LogP contribution in [-0.2, 0) is 38.3 Å². The van der Waals surface area contributed by atoms with E-state index in [2.05, 4.69) is 42.3 Å². The molecule has 0 spiro atoms. The lowest BCUT2D eigenvalue weighted by Crippen LogP contribution is -2.60. The molecule has 0 aromatic heterocycles. The van der Waals surface area contributed by atoms with Crippen molar-refractivity contribution >= 4 is 16.4 Å². The van der Waals surface area contributed by atoms with Gasteiger partial charge in [-0.25, -0.2) is 4.18 Å². The molecule has 0 bridgehead atoms. The van der Waals surface area contributed by atoms with E-state index in [0.29, 0.717) is 13.0 Å². The van der Waals surface area contributed by atoms with Gasteiger partial charge in [0.05, 0.1) is 19.8 Å². The van der Waals surface area contributed by atoms with Crippen molar-refractivity contribution in [1.29, 1.82) is 0 Å². The summed E-state index contributed by atoms with van der Waals surface area (Å²) >= 11 is 0. The Hall–Kier alpha value is -1.42. The lowest BCUT2D eigenvalue weighted by atomic mass is 9.99. The number of esters is 1. The molecule has 0 aromatic rings. The van der Waals surface area contributed by atoms with Crippen LogP contribution in [0.1, 0.15) is 232 Å². The van der Waals surface area contributed by atoms with Crippen molar-refractivity contribution in [2.45, 2.75) is 269 Å². The number of ether oxygens (including phenoxy) is 4. The Morgan fingerprint density at radius 1 is 0.594 bits per heavy atom. The summed E-state index contributed by atoms with van der Waals surface area (Å²) in [6.07, 6.45) is 40.6. The molecule has 6 atom stereocenters. The average Bonchev–Trinajstić information content (AvgIpc) is 3.27. The fourth-order valence-electron chi connectivity index (χ4n) is 8.12. The first-order chi connectivity index (χ1) is 31.1. The molecule has 1 fully saturated rings. The summed E-state index contributed by atoms with van der Waals surface area (Å²) in [5.41, 5.74) is 0. The number of carbonyl (C=O) groups is 1. The third-order valence-electron chi connectivity index (χ3n) is 12.1. The second-order valence-corrected chi connectivity index (χ2v) is 19.2. The van der Waals surface area contributed by atoms with Gasteiger partial charge in [0.2, 0.25) is 0 Å². The summed E-state index contributed by atoms with van der Waals surface area (Å²) in [6, 6.07) is 0. The second-order valence-electron chi connectivity index (χ2n) is 18.1. The first-order valence-electron chi connectivity index (χ1n) is 26.1. The van der Waals surface area contributed by atoms with Crippen LogP contribution < -0.4 is 0 Å². The summed E-state index contributed by atoms with van der Waals surface area (Å²) in [5, 5.41) is 30.8. The highest BCUT2D eigenvalue weighted by atomic mass is 32.3. The Morgan fingerprint density at radius 3 is 1.52 bits per heavy atom. The van der Waals surface area contributed by atoms with E-state index in [1.54, 1.807) is 0 Å². The van der Waals surface area contributed by atoms with Crippen LogP contribution in [0.4, 0.5) is 0 Å². The summed E-state index contributed by atoms with van der Waals surface area (Å²) < 4.78 is 59.3. The zero-order chi connectivity index (χ0) is 46.8. The quantitative estimate of drug-likeness (QED) is 0.0197. The SMILES string of the molecule is CCCCC/C=C\C/C=C\CCCCCCCCCCCCOCC(COC1OC(CO)C(O)C(OS(=O)(=O)O)C1O)OC(=O)CCCCCCCCCCCCCCCCCCC. The molecule has 0 amide bonds. The third-order valence-corrected chi connectivity index (χ3v) is 12.5. The van der Waals surface area contributed by atoms with Crippen LogP contribution in [0.5, 0.6) is 0 Å². The standard InChI is InChI=1S/C51H96O12S/c1-3-5-7-9-11-13-15-17-19-21-22-23-25-27-29-31-33-35-37-39-41-59-43-45(44-60-51-49(55)50(63-64(56,57)58)48(54)46(42-52)62-51)61-47(53)40-38-36-34-32-30-28-26-24-20-18-16-14-12-10-8-6-4-2/h11,13,17,19,45-46,48-52,54-55H,3-10,12,14-16,18,20-44H2,1-2H3,(H,56,57,58)/b13-11-,19-17-. The number of rotatable bonds is 46. The van der Waals surface area contributed by atoms with E-state index in [1.165, 1.54) is 161 Å². The molecule has 1 heterocycles. The molecule has 64 heavy (non-hydrogen) atoms. The second kappa shape index (κ2) is 42.9. The smallest absolute Gasteiger partial charge is 0.397 e. The van der Waals surface area contributed by atoms with Gasteiger partial charge in [-0.1, -0.05) is 205 Å². The predicted octanol–water partition coefficient (Wildman–Crippen LogP) is 12.0. The molecule has 1 saturated heterocycles. The number of hydrogen-bond donors (Lipinski definition) is 4. The highest BCUT2D eigenvalue weighted by molar-refractivity contribution is 7.80. The first kappa shape index (κ1) is 60.6. The third kappa shape index (κ3) is 35.7. The molecule has 1 aliphatic rings. The topological polar surface area (TPSA) is 178 Å². The maximum absolute atomic E-state index is 12.9. The van der Waals surface area contributed by atoms with E-state index in [0.717, 1.165) is 44.9 Å². The zero-order valence-electron chi connectivity index (χ0n) is 40.6. The van der Waals surface area contributed by atoms with Crippen LogP contribution in [0.15, 0.2) is 24.3 Å². The number of carbonyl (C=O) groups excluding carboxylic acids is 1.